The molecule has 0 aromatic heterocycles. The Bertz CT molecular complexity index is 684. The van der Waals surface area contributed by atoms with Crippen molar-refractivity contribution in [1.82, 2.24) is 4.90 Å². The van der Waals surface area contributed by atoms with Crippen molar-refractivity contribution < 1.29 is 9.53 Å². The first-order valence-electron chi connectivity index (χ1n) is 6.02. The quantitative estimate of drug-likeness (QED) is 0.617. The summed E-state index contributed by atoms with van der Waals surface area (Å²) in [5.41, 5.74) is 1.32. The lowest BCUT2D eigenvalue weighted by molar-refractivity contribution is -0.121. The van der Waals surface area contributed by atoms with E-state index < -0.39 is 0 Å². The lowest BCUT2D eigenvalue weighted by Crippen LogP contribution is -2.29. The van der Waals surface area contributed by atoms with E-state index in [2.05, 4.69) is 20.9 Å². The Hall–Kier alpha value is -2.14. The zero-order valence-electron chi connectivity index (χ0n) is 10.7. The number of carbonyl (C=O) groups is 1. The first-order chi connectivity index (χ1) is 9.69. The molecule has 3 rings (SSSR count). The highest BCUT2D eigenvalue weighted by Crippen LogP contribution is 2.28. The number of fused-ring (bicyclic) bond motifs is 1. The minimum Gasteiger partial charge on any atom is -0.497 e. The molecule has 0 bridgehead atoms. The molecule has 0 radical (unpaired) electrons. The molecule has 0 N–H and O–H groups in total. The summed E-state index contributed by atoms with van der Waals surface area (Å²) in [6.45, 7) is 0. The van der Waals surface area contributed by atoms with Crippen molar-refractivity contribution in [1.29, 1.82) is 0 Å². The molecule has 0 fully saturated rings. The molecule has 4 nitrogen and oxygen atoms in total. The molecule has 0 saturated carbocycles. The van der Waals surface area contributed by atoms with Crippen LogP contribution in [0.25, 0.3) is 6.08 Å². The van der Waals surface area contributed by atoms with Crippen molar-refractivity contribution in [2.24, 2.45) is 4.99 Å². The molecule has 0 aliphatic carbocycles. The SMILES string of the molecule is COc1ccc(/C=C2\N=C3C=CC=C(Br)N3C2=O)cc1. The van der Waals surface area contributed by atoms with Crippen molar-refractivity contribution in [3.05, 3.63) is 58.4 Å². The Balaban J connectivity index is 1.93. The summed E-state index contributed by atoms with van der Waals surface area (Å²) in [4.78, 5) is 18.2. The molecule has 0 unspecified atom stereocenters. The summed E-state index contributed by atoms with van der Waals surface area (Å²) >= 11 is 3.36. The van der Waals surface area contributed by atoms with E-state index in [4.69, 9.17) is 4.74 Å². The van der Waals surface area contributed by atoms with Crippen LogP contribution in [-0.4, -0.2) is 23.8 Å². The van der Waals surface area contributed by atoms with Crippen LogP contribution in [0.3, 0.4) is 0 Å². The van der Waals surface area contributed by atoms with E-state index in [9.17, 15) is 4.79 Å². The van der Waals surface area contributed by atoms with Gasteiger partial charge in [-0.2, -0.15) is 0 Å². The third-order valence-electron chi connectivity index (χ3n) is 3.00. The number of benzene rings is 1. The van der Waals surface area contributed by atoms with E-state index in [1.807, 2.05) is 36.4 Å². The Morgan fingerprint density at radius 2 is 2.05 bits per heavy atom. The fourth-order valence-electron chi connectivity index (χ4n) is 2.00. The molecular formula is C15H11BrN2O2. The molecule has 100 valence electrons. The van der Waals surface area contributed by atoms with Crippen LogP contribution in [0.1, 0.15) is 5.56 Å². The number of carbonyl (C=O) groups excluding carboxylic acids is 1. The normalized spacial score (nSPS) is 19.0. The third-order valence-corrected chi connectivity index (χ3v) is 3.62. The molecule has 2 aliphatic rings. The first-order valence-corrected chi connectivity index (χ1v) is 6.81. The highest BCUT2D eigenvalue weighted by Gasteiger charge is 2.31. The number of methoxy groups -OCH3 is 1. The monoisotopic (exact) mass is 330 g/mol. The van der Waals surface area contributed by atoms with Crippen molar-refractivity contribution in [3.63, 3.8) is 0 Å². The van der Waals surface area contributed by atoms with Crippen LogP contribution in [0.2, 0.25) is 0 Å². The predicted octanol–water partition coefficient (Wildman–Crippen LogP) is 3.08. The number of hydrogen-bond acceptors (Lipinski definition) is 3. The van der Waals surface area contributed by atoms with E-state index in [-0.39, 0.29) is 5.91 Å². The maximum absolute atomic E-state index is 12.3. The van der Waals surface area contributed by atoms with Gasteiger partial charge in [-0.15, -0.1) is 0 Å². The number of amidine groups is 1. The predicted molar refractivity (Wildman–Crippen MR) is 81.4 cm³/mol. The summed E-state index contributed by atoms with van der Waals surface area (Å²) in [5, 5.41) is 0. The van der Waals surface area contributed by atoms with Gasteiger partial charge in [0.2, 0.25) is 0 Å². The van der Waals surface area contributed by atoms with E-state index in [0.717, 1.165) is 11.3 Å². The van der Waals surface area contributed by atoms with Gasteiger partial charge in [0.25, 0.3) is 5.91 Å². The average Bonchev–Trinajstić information content (AvgIpc) is 2.78. The second-order valence-corrected chi connectivity index (χ2v) is 5.07. The maximum Gasteiger partial charge on any atom is 0.283 e. The maximum atomic E-state index is 12.3. The molecule has 1 amide bonds. The molecule has 1 aromatic carbocycles. The molecule has 0 spiro atoms. The number of rotatable bonds is 2. The van der Waals surface area contributed by atoms with Crippen molar-refractivity contribution in [2.75, 3.05) is 7.11 Å². The number of halogens is 1. The molecule has 1 aromatic rings. The van der Waals surface area contributed by atoms with Crippen LogP contribution in [0.4, 0.5) is 0 Å². The van der Waals surface area contributed by atoms with Crippen molar-refractivity contribution in [3.8, 4) is 5.75 Å². The van der Waals surface area contributed by atoms with Gasteiger partial charge in [0, 0.05) is 0 Å². The Morgan fingerprint density at radius 3 is 2.70 bits per heavy atom. The number of nitrogens with zero attached hydrogens (tertiary/aromatic N) is 2. The largest absolute Gasteiger partial charge is 0.497 e. The Morgan fingerprint density at radius 1 is 1.30 bits per heavy atom. The smallest absolute Gasteiger partial charge is 0.283 e. The summed E-state index contributed by atoms with van der Waals surface area (Å²) < 4.78 is 5.80. The minimum absolute atomic E-state index is 0.136. The highest BCUT2D eigenvalue weighted by molar-refractivity contribution is 9.11. The molecule has 5 heteroatoms. The second kappa shape index (κ2) is 5.09. The van der Waals surface area contributed by atoms with Gasteiger partial charge < -0.3 is 4.74 Å². The molecule has 2 heterocycles. The van der Waals surface area contributed by atoms with E-state index in [0.29, 0.717) is 16.1 Å². The van der Waals surface area contributed by atoms with E-state index in [1.165, 1.54) is 4.90 Å². The third kappa shape index (κ3) is 2.20. The summed E-state index contributed by atoms with van der Waals surface area (Å²) in [5.74, 6) is 1.27. The van der Waals surface area contributed by atoms with Crippen LogP contribution in [0.15, 0.2) is 57.8 Å². The van der Waals surface area contributed by atoms with Crippen LogP contribution < -0.4 is 4.74 Å². The second-order valence-electron chi connectivity index (χ2n) is 4.26. The van der Waals surface area contributed by atoms with Gasteiger partial charge in [-0.25, -0.2) is 4.99 Å². The van der Waals surface area contributed by atoms with E-state index in [1.54, 1.807) is 19.3 Å². The summed E-state index contributed by atoms with van der Waals surface area (Å²) in [6.07, 6.45) is 7.23. The minimum atomic E-state index is -0.136. The first kappa shape index (κ1) is 12.9. The molecule has 0 saturated heterocycles. The summed E-state index contributed by atoms with van der Waals surface area (Å²) in [6, 6.07) is 7.47. The highest BCUT2D eigenvalue weighted by atomic mass is 79.9. The molecule has 0 atom stereocenters. The van der Waals surface area contributed by atoms with Gasteiger partial charge >= 0.3 is 0 Å². The molecule has 20 heavy (non-hydrogen) atoms. The van der Waals surface area contributed by atoms with Crippen LogP contribution in [0, 0.1) is 0 Å². The van der Waals surface area contributed by atoms with Crippen molar-refractivity contribution in [2.45, 2.75) is 0 Å². The number of ether oxygens (including phenoxy) is 1. The fourth-order valence-corrected chi connectivity index (χ4v) is 2.49. The average molecular weight is 331 g/mol. The standard InChI is InChI=1S/C15H11BrN2O2/c1-20-11-7-5-10(6-8-11)9-12-15(19)18-13(16)3-2-4-14(18)17-12/h2-9H,1H3/b12-9-. The fraction of sp³-hybridized carbons (Fsp3) is 0.0667. The zero-order chi connectivity index (χ0) is 14.1. The van der Waals surface area contributed by atoms with E-state index >= 15 is 0 Å². The van der Waals surface area contributed by atoms with Gasteiger partial charge in [0.1, 0.15) is 17.3 Å². The number of allylic oxidation sites excluding steroid dienone is 2. The van der Waals surface area contributed by atoms with Crippen LogP contribution in [-0.2, 0) is 4.79 Å². The summed E-state index contributed by atoms with van der Waals surface area (Å²) in [7, 11) is 1.62. The zero-order valence-corrected chi connectivity index (χ0v) is 12.3. The van der Waals surface area contributed by atoms with Gasteiger partial charge in [-0.3, -0.25) is 9.69 Å². The van der Waals surface area contributed by atoms with Gasteiger partial charge in [-0.05, 0) is 51.9 Å². The topological polar surface area (TPSA) is 41.9 Å². The Kier molecular flexibility index (Phi) is 3.28. The van der Waals surface area contributed by atoms with Crippen molar-refractivity contribution >= 4 is 33.7 Å². The van der Waals surface area contributed by atoms with Crippen LogP contribution >= 0.6 is 15.9 Å². The van der Waals surface area contributed by atoms with Gasteiger partial charge in [0.15, 0.2) is 0 Å². The lowest BCUT2D eigenvalue weighted by atomic mass is 10.2. The van der Waals surface area contributed by atoms with Crippen LogP contribution in [0.5, 0.6) is 5.75 Å². The number of hydrogen-bond donors (Lipinski definition) is 0. The number of amides is 1. The molecule has 2 aliphatic heterocycles. The number of aliphatic imine (C=N–C) groups is 1. The Labute approximate surface area is 124 Å². The lowest BCUT2D eigenvalue weighted by Gasteiger charge is -2.17. The van der Waals surface area contributed by atoms with Gasteiger partial charge in [0.05, 0.1) is 11.7 Å². The molecular weight excluding hydrogens is 320 g/mol. The van der Waals surface area contributed by atoms with Gasteiger partial charge in [-0.1, -0.05) is 18.2 Å².